The molecule has 108 valence electrons. The summed E-state index contributed by atoms with van der Waals surface area (Å²) in [5.41, 5.74) is 1.07. The van der Waals surface area contributed by atoms with E-state index in [1.54, 1.807) is 12.0 Å². The van der Waals surface area contributed by atoms with Gasteiger partial charge in [-0.2, -0.15) is 0 Å². The van der Waals surface area contributed by atoms with Gasteiger partial charge < -0.3 is 15.0 Å². The van der Waals surface area contributed by atoms with E-state index in [0.717, 1.165) is 24.2 Å². The van der Waals surface area contributed by atoms with E-state index in [1.165, 1.54) is 0 Å². The molecule has 2 amide bonds. The van der Waals surface area contributed by atoms with E-state index in [4.69, 9.17) is 4.74 Å². The van der Waals surface area contributed by atoms with Gasteiger partial charge in [-0.15, -0.1) is 0 Å². The van der Waals surface area contributed by atoms with Crippen molar-refractivity contribution in [3.8, 4) is 5.75 Å². The molecule has 5 nitrogen and oxygen atoms in total. The highest BCUT2D eigenvalue weighted by molar-refractivity contribution is 6.35. The van der Waals surface area contributed by atoms with Gasteiger partial charge in [0.1, 0.15) is 5.75 Å². The normalized spacial score (nSPS) is 14.2. The van der Waals surface area contributed by atoms with Crippen LogP contribution in [0.25, 0.3) is 0 Å². The molecule has 0 unspecified atom stereocenters. The average molecular weight is 276 g/mol. The third kappa shape index (κ3) is 3.73. The molecule has 1 aromatic rings. The number of amides is 2. The second-order valence-electron chi connectivity index (χ2n) is 4.86. The van der Waals surface area contributed by atoms with Gasteiger partial charge in [0.25, 0.3) is 0 Å². The zero-order valence-electron chi connectivity index (χ0n) is 11.7. The SMILES string of the molecule is COc1cccc(CCNC(=O)C(=O)N2CCCC2)c1. The van der Waals surface area contributed by atoms with Crippen molar-refractivity contribution >= 4 is 11.8 Å². The van der Waals surface area contributed by atoms with E-state index in [2.05, 4.69) is 5.32 Å². The van der Waals surface area contributed by atoms with E-state index in [1.807, 2.05) is 24.3 Å². The van der Waals surface area contributed by atoms with Crippen LogP contribution in [0.2, 0.25) is 0 Å². The second kappa shape index (κ2) is 6.93. The number of nitrogens with one attached hydrogen (secondary N) is 1. The van der Waals surface area contributed by atoms with Crippen molar-refractivity contribution in [3.63, 3.8) is 0 Å². The van der Waals surface area contributed by atoms with Crippen LogP contribution in [-0.2, 0) is 16.0 Å². The summed E-state index contributed by atoms with van der Waals surface area (Å²) in [4.78, 5) is 25.1. The minimum Gasteiger partial charge on any atom is -0.497 e. The van der Waals surface area contributed by atoms with Crippen molar-refractivity contribution in [1.82, 2.24) is 10.2 Å². The van der Waals surface area contributed by atoms with Crippen LogP contribution in [0.3, 0.4) is 0 Å². The molecule has 1 aliphatic rings. The Morgan fingerprint density at radius 1 is 1.30 bits per heavy atom. The molecule has 0 aliphatic carbocycles. The number of hydrogen-bond acceptors (Lipinski definition) is 3. The van der Waals surface area contributed by atoms with E-state index >= 15 is 0 Å². The van der Waals surface area contributed by atoms with Gasteiger partial charge in [0.05, 0.1) is 7.11 Å². The molecule has 1 N–H and O–H groups in total. The number of likely N-dealkylation sites (tertiary alicyclic amines) is 1. The maximum atomic E-state index is 11.8. The Morgan fingerprint density at radius 2 is 2.05 bits per heavy atom. The Kier molecular flexibility index (Phi) is 4.98. The maximum Gasteiger partial charge on any atom is 0.311 e. The molecule has 0 radical (unpaired) electrons. The van der Waals surface area contributed by atoms with Crippen LogP contribution in [-0.4, -0.2) is 43.5 Å². The zero-order chi connectivity index (χ0) is 14.4. The lowest BCUT2D eigenvalue weighted by atomic mass is 10.1. The molecule has 0 atom stereocenters. The quantitative estimate of drug-likeness (QED) is 0.834. The highest BCUT2D eigenvalue weighted by Crippen LogP contribution is 2.12. The van der Waals surface area contributed by atoms with Crippen LogP contribution in [0.5, 0.6) is 5.75 Å². The molecule has 1 heterocycles. The number of benzene rings is 1. The van der Waals surface area contributed by atoms with Gasteiger partial charge in [0.2, 0.25) is 0 Å². The Balaban J connectivity index is 1.77. The lowest BCUT2D eigenvalue weighted by Gasteiger charge is -2.14. The van der Waals surface area contributed by atoms with Gasteiger partial charge in [0, 0.05) is 19.6 Å². The van der Waals surface area contributed by atoms with Gasteiger partial charge in [0.15, 0.2) is 0 Å². The van der Waals surface area contributed by atoms with Crippen molar-refractivity contribution in [1.29, 1.82) is 0 Å². The van der Waals surface area contributed by atoms with E-state index in [9.17, 15) is 9.59 Å². The summed E-state index contributed by atoms with van der Waals surface area (Å²) >= 11 is 0. The number of carbonyl (C=O) groups excluding carboxylic acids is 2. The summed E-state index contributed by atoms with van der Waals surface area (Å²) in [6.45, 7) is 1.84. The fourth-order valence-corrected chi connectivity index (χ4v) is 2.29. The number of hydrogen-bond donors (Lipinski definition) is 1. The number of carbonyl (C=O) groups is 2. The smallest absolute Gasteiger partial charge is 0.311 e. The van der Waals surface area contributed by atoms with E-state index in [0.29, 0.717) is 26.1 Å². The summed E-state index contributed by atoms with van der Waals surface area (Å²) in [7, 11) is 1.62. The van der Waals surface area contributed by atoms with Crippen LogP contribution >= 0.6 is 0 Å². The minimum atomic E-state index is -0.505. The van der Waals surface area contributed by atoms with Gasteiger partial charge in [-0.05, 0) is 37.0 Å². The van der Waals surface area contributed by atoms with Crippen molar-refractivity contribution in [3.05, 3.63) is 29.8 Å². The van der Waals surface area contributed by atoms with Crippen LogP contribution in [0.4, 0.5) is 0 Å². The maximum absolute atomic E-state index is 11.8. The van der Waals surface area contributed by atoms with Crippen molar-refractivity contribution in [2.24, 2.45) is 0 Å². The first-order valence-corrected chi connectivity index (χ1v) is 6.91. The number of nitrogens with zero attached hydrogens (tertiary/aromatic N) is 1. The molecule has 20 heavy (non-hydrogen) atoms. The van der Waals surface area contributed by atoms with Crippen LogP contribution in [0, 0.1) is 0 Å². The first-order chi connectivity index (χ1) is 9.70. The zero-order valence-corrected chi connectivity index (χ0v) is 11.7. The first-order valence-electron chi connectivity index (χ1n) is 6.91. The second-order valence-corrected chi connectivity index (χ2v) is 4.86. The summed E-state index contributed by atoms with van der Waals surface area (Å²) < 4.78 is 5.14. The molecule has 1 saturated heterocycles. The predicted octanol–water partition coefficient (Wildman–Crippen LogP) is 0.976. The van der Waals surface area contributed by atoms with Crippen molar-refractivity contribution in [2.75, 3.05) is 26.7 Å². The molecule has 1 aromatic carbocycles. The minimum absolute atomic E-state index is 0.409. The molecular weight excluding hydrogens is 256 g/mol. The van der Waals surface area contributed by atoms with Gasteiger partial charge in [-0.1, -0.05) is 12.1 Å². The monoisotopic (exact) mass is 276 g/mol. The molecule has 0 saturated carbocycles. The Hall–Kier alpha value is -2.04. The van der Waals surface area contributed by atoms with Crippen molar-refractivity contribution < 1.29 is 14.3 Å². The summed E-state index contributed by atoms with van der Waals surface area (Å²) in [5.74, 6) is -0.120. The van der Waals surface area contributed by atoms with Crippen LogP contribution in [0.15, 0.2) is 24.3 Å². The van der Waals surface area contributed by atoms with Gasteiger partial charge >= 0.3 is 11.8 Å². The summed E-state index contributed by atoms with van der Waals surface area (Å²) in [6.07, 6.45) is 2.65. The molecule has 0 bridgehead atoms. The highest BCUT2D eigenvalue weighted by Gasteiger charge is 2.23. The molecule has 0 aromatic heterocycles. The van der Waals surface area contributed by atoms with E-state index in [-0.39, 0.29) is 0 Å². The fraction of sp³-hybridized carbons (Fsp3) is 0.467. The average Bonchev–Trinajstić information content (AvgIpc) is 3.00. The topological polar surface area (TPSA) is 58.6 Å². The lowest BCUT2D eigenvalue weighted by Crippen LogP contribution is -2.42. The molecule has 1 aliphatic heterocycles. The van der Waals surface area contributed by atoms with E-state index < -0.39 is 11.8 Å². The van der Waals surface area contributed by atoms with Gasteiger partial charge in [-0.25, -0.2) is 0 Å². The van der Waals surface area contributed by atoms with Crippen molar-refractivity contribution in [2.45, 2.75) is 19.3 Å². The Labute approximate surface area is 118 Å². The third-order valence-corrected chi connectivity index (χ3v) is 3.42. The predicted molar refractivity (Wildman–Crippen MR) is 75.5 cm³/mol. The van der Waals surface area contributed by atoms with Crippen LogP contribution in [0.1, 0.15) is 18.4 Å². The highest BCUT2D eigenvalue weighted by atomic mass is 16.5. The molecule has 5 heteroatoms. The molecule has 0 spiro atoms. The standard InChI is InChI=1S/C15H20N2O3/c1-20-13-6-4-5-12(11-13)7-8-16-14(18)15(19)17-9-2-3-10-17/h4-6,11H,2-3,7-10H2,1H3,(H,16,18). The lowest BCUT2D eigenvalue weighted by molar-refractivity contribution is -0.145. The summed E-state index contributed by atoms with van der Waals surface area (Å²) in [5, 5.41) is 2.67. The molecule has 2 rings (SSSR count). The first kappa shape index (κ1) is 14.4. The van der Waals surface area contributed by atoms with Gasteiger partial charge in [-0.3, -0.25) is 9.59 Å². The number of methoxy groups -OCH3 is 1. The molecular formula is C15H20N2O3. The number of rotatable bonds is 4. The Morgan fingerprint density at radius 3 is 2.75 bits per heavy atom. The summed E-state index contributed by atoms with van der Waals surface area (Å²) in [6, 6.07) is 7.68. The Bertz CT molecular complexity index is 482. The number of ether oxygens (including phenoxy) is 1. The third-order valence-electron chi connectivity index (χ3n) is 3.42. The largest absolute Gasteiger partial charge is 0.497 e. The fourth-order valence-electron chi connectivity index (χ4n) is 2.29. The van der Waals surface area contributed by atoms with Crippen LogP contribution < -0.4 is 10.1 Å². The molecule has 1 fully saturated rings.